The largest absolute Gasteiger partial charge is 0.461 e. The molecule has 0 saturated heterocycles. The Balaban J connectivity index is 1.06. The van der Waals surface area contributed by atoms with E-state index >= 15 is 0 Å². The molecule has 0 spiro atoms. The monoisotopic (exact) mass is 2060 g/mol. The number of nitrogens with two attached hydrogens (primary N) is 2. The highest BCUT2D eigenvalue weighted by Crippen LogP contribution is 2.18. The van der Waals surface area contributed by atoms with Crippen molar-refractivity contribution in [2.24, 2.45) is 35.1 Å². The molecule has 42 nitrogen and oxygen atoms in total. The lowest BCUT2D eigenvalue weighted by molar-refractivity contribution is -0.148. The van der Waals surface area contributed by atoms with Crippen LogP contribution in [-0.2, 0) is 166 Å². The van der Waals surface area contributed by atoms with Gasteiger partial charge >= 0.3 is 11.9 Å². The third-order valence-corrected chi connectivity index (χ3v) is 24.0. The summed E-state index contributed by atoms with van der Waals surface area (Å²) in [6, 6.07) is 33.4. The van der Waals surface area contributed by atoms with Crippen LogP contribution in [0, 0.1) is 23.7 Å². The maximum absolute atomic E-state index is 14.7. The molecule has 146 heavy (non-hydrogen) atoms. The summed E-state index contributed by atoms with van der Waals surface area (Å²) in [6.45, 7) is 10.2. The summed E-state index contributed by atoms with van der Waals surface area (Å²) >= 11 is 0. The Morgan fingerprint density at radius 3 is 0.767 bits per heavy atom. The number of amides is 18. The van der Waals surface area contributed by atoms with E-state index < -0.39 is 276 Å². The molecule has 6 aromatic rings. The quantitative estimate of drug-likeness (QED) is 0.0208. The number of carbonyl (C=O) groups excluding carboxylic acids is 20. The van der Waals surface area contributed by atoms with Crippen LogP contribution in [0.25, 0.3) is 0 Å². The fourth-order valence-electron chi connectivity index (χ4n) is 14.7. The van der Waals surface area contributed by atoms with Gasteiger partial charge in [-0.05, 0) is 82.7 Å². The zero-order valence-corrected chi connectivity index (χ0v) is 85.1. The number of carbonyl (C=O) groups is 20. The highest BCUT2D eigenvalue weighted by Gasteiger charge is 2.39. The maximum Gasteiger partial charge on any atom is 0.308 e. The van der Waals surface area contributed by atoms with Gasteiger partial charge in [-0.3, -0.25) is 115 Å². The zero-order valence-electron chi connectivity index (χ0n) is 83.5. The van der Waals surface area contributed by atoms with E-state index in [0.717, 1.165) is 0 Å². The summed E-state index contributed by atoms with van der Waals surface area (Å²) < 4.78 is 35.8. The molecule has 6 aromatic carbocycles. The molecule has 0 bridgehead atoms. The molecule has 0 fully saturated rings. The summed E-state index contributed by atoms with van der Waals surface area (Å²) in [5.74, 6) is -21.2. The summed E-state index contributed by atoms with van der Waals surface area (Å²) in [7, 11) is -3.17. The van der Waals surface area contributed by atoms with Crippen LogP contribution >= 0.6 is 0 Å². The fraction of sp³-hybridized carbons (Fsp3) is 0.451. The Hall–Kier alpha value is -14.7. The van der Waals surface area contributed by atoms with Crippen LogP contribution in [0.3, 0.4) is 0 Å². The number of nitrogens with one attached hydrogen (secondary N) is 16. The van der Waals surface area contributed by atoms with Gasteiger partial charge in [0.05, 0.1) is 39.0 Å². The average molecular weight is 2060 g/mol. The summed E-state index contributed by atoms with van der Waals surface area (Å²) in [5.41, 5.74) is 14.7. The minimum absolute atomic E-state index is 0.0667. The maximum atomic E-state index is 14.7. The molecule has 0 aliphatic rings. The molecule has 44 heteroatoms. The van der Waals surface area contributed by atoms with E-state index in [9.17, 15) is 104 Å². The van der Waals surface area contributed by atoms with E-state index in [1.807, 2.05) is 0 Å². The molecule has 18 amide bonds. The fourth-order valence-corrected chi connectivity index (χ4v) is 15.8. The van der Waals surface area contributed by atoms with Crippen molar-refractivity contribution < 1.29 is 114 Å². The Labute approximate surface area is 852 Å². The van der Waals surface area contributed by atoms with Crippen molar-refractivity contribution in [2.75, 3.05) is 50.2 Å². The van der Waals surface area contributed by atoms with E-state index in [1.165, 1.54) is 12.5 Å². The van der Waals surface area contributed by atoms with Gasteiger partial charge in [-0.15, -0.1) is 0 Å². The molecule has 0 heterocycles. The second-order valence-electron chi connectivity index (χ2n) is 36.3. The van der Waals surface area contributed by atoms with Gasteiger partial charge < -0.3 is 95.4 Å². The normalized spacial score (nSPS) is 13.9. The summed E-state index contributed by atoms with van der Waals surface area (Å²) in [4.78, 5) is 278. The first-order valence-electron chi connectivity index (χ1n) is 47.8. The standard InChI is InChI=1S/C102H136N18O24S2/c1-61(2)47-73(109-85(125)57-105-101(139)89(63(5)6)119-99(137)77(51-67-33-21-13-22-34-67)115-95(133)75(49-65-29-17-11-18-30-65)113-97(135)79(107-83(123)55-103)53-87(127)143-59-69-37-25-15-26-38-69)93(131)111-71(43-45-145(9)141)91(129)117-81(121)41-42-82(122)118-92(130)72(44-46-146(10)142)112-94(132)74(48-62(3)4)110-86(126)58-106-102(140)90(64(7)8)120-100(138)78(52-68-35-23-14-24-36-68)116-96(134)76(50-66-31-19-12-20-32-66)114-98(136)80(108-84(124)56-104)54-88(128)144-60-70-39-27-16-28-40-70/h11-40,61-64,71-80,89-90H,41-60,103-104H2,1-10H3,(H,105,139)(H,106,140)(H,107,123)(H,108,124)(H,109,125)(H,110,126)(H,111,131)(H,112,132)(H,113,135)(H,114,136)(H,115,133)(H,116,134)(H,119,137)(H,120,138)(H,117,121,129)(H,118,122,130)/t71-,72-,73-,74-,75-,76-,77-,78-,79-,80-,89-,90-,145?,146?/m0/s1. The highest BCUT2D eigenvalue weighted by atomic mass is 32.2. The molecule has 2 unspecified atom stereocenters. The van der Waals surface area contributed by atoms with Crippen LogP contribution in [0.4, 0.5) is 0 Å². The second kappa shape index (κ2) is 63.5. The van der Waals surface area contributed by atoms with Crippen molar-refractivity contribution in [3.63, 3.8) is 0 Å². The van der Waals surface area contributed by atoms with E-state index in [4.69, 9.17) is 20.9 Å². The third kappa shape index (κ3) is 45.5. The Morgan fingerprint density at radius 1 is 0.274 bits per heavy atom. The van der Waals surface area contributed by atoms with Gasteiger partial charge in [-0.25, -0.2) is 0 Å². The van der Waals surface area contributed by atoms with Gasteiger partial charge in [0.2, 0.25) is 106 Å². The van der Waals surface area contributed by atoms with E-state index in [-0.39, 0.29) is 87.9 Å². The number of hydrogen-bond donors (Lipinski definition) is 18. The number of benzene rings is 6. The number of imide groups is 2. The minimum atomic E-state index is -1.60. The first-order chi connectivity index (χ1) is 69.4. The Morgan fingerprint density at radius 2 is 0.514 bits per heavy atom. The number of rotatable bonds is 61. The molecule has 20 N–H and O–H groups in total. The summed E-state index contributed by atoms with van der Waals surface area (Å²) in [6.07, 6.45) is -1.68. The van der Waals surface area contributed by atoms with E-state index in [1.54, 1.807) is 237 Å². The molecule has 0 aliphatic carbocycles. The Bertz CT molecular complexity index is 5120. The molecule has 0 aliphatic heterocycles. The Kier molecular flexibility index (Phi) is 52.2. The number of hydrogen-bond acceptors (Lipinski definition) is 26. The number of esters is 2. The van der Waals surface area contributed by atoms with Gasteiger partial charge in [-0.1, -0.05) is 237 Å². The zero-order chi connectivity index (χ0) is 107. The van der Waals surface area contributed by atoms with Gasteiger partial charge in [0.1, 0.15) is 85.7 Å². The topological polar surface area (TPSA) is 639 Å². The van der Waals surface area contributed by atoms with Gasteiger partial charge in [0, 0.05) is 84.1 Å². The smallest absolute Gasteiger partial charge is 0.308 e. The van der Waals surface area contributed by atoms with Crippen molar-refractivity contribution in [1.29, 1.82) is 0 Å². The van der Waals surface area contributed by atoms with Crippen LogP contribution in [-0.4, -0.2) is 249 Å². The highest BCUT2D eigenvalue weighted by molar-refractivity contribution is 7.84. The predicted molar refractivity (Wildman–Crippen MR) is 541 cm³/mol. The predicted octanol–water partition coefficient (Wildman–Crippen LogP) is -0.801. The molecular weight excluding hydrogens is 1930 g/mol. The van der Waals surface area contributed by atoms with Crippen molar-refractivity contribution in [2.45, 2.75) is 218 Å². The lowest BCUT2D eigenvalue weighted by Crippen LogP contribution is -2.60. The van der Waals surface area contributed by atoms with Gasteiger partial charge in [-0.2, -0.15) is 0 Å². The molecule has 14 atom stereocenters. The van der Waals surface area contributed by atoms with Crippen LogP contribution in [0.15, 0.2) is 182 Å². The van der Waals surface area contributed by atoms with Crippen molar-refractivity contribution in [1.82, 2.24) is 85.1 Å². The first kappa shape index (κ1) is 120. The second-order valence-corrected chi connectivity index (χ2v) is 39.4. The van der Waals surface area contributed by atoms with Crippen LogP contribution in [0.5, 0.6) is 0 Å². The third-order valence-electron chi connectivity index (χ3n) is 22.4. The van der Waals surface area contributed by atoms with Crippen molar-refractivity contribution >= 4 is 140 Å². The molecule has 790 valence electrons. The lowest BCUT2D eigenvalue weighted by atomic mass is 10.00. The average Bonchev–Trinajstić information content (AvgIpc) is 0.822. The van der Waals surface area contributed by atoms with Crippen LogP contribution < -0.4 is 96.5 Å². The van der Waals surface area contributed by atoms with E-state index in [2.05, 4.69) is 85.1 Å². The SMILES string of the molecule is CC(C)C[C@H](NC(=O)CNC(=O)[C@@H](NC(=O)[C@H](Cc1ccccc1)NC(=O)[C@H](Cc1ccccc1)NC(=O)[C@H](CC(=O)OCc1ccccc1)NC(=O)CN)C(C)C)C(=O)N[C@@H](CCS(C)=O)C(=O)NC(=O)CCC(=O)NC(=O)[C@H](CCS(C)=O)NC(=O)[C@H](CC(C)C)NC(=O)CNC(=O)[C@@H](NC(=O)[C@H](Cc1ccccc1)NC(=O)[C@H](Cc1ccccc1)NC(=O)[C@H](CC(=O)OCc1ccccc1)NC(=O)CN)C(C)C. The molecule has 0 radical (unpaired) electrons. The molecule has 0 saturated carbocycles. The number of ether oxygens (including phenoxy) is 2. The first-order valence-corrected chi connectivity index (χ1v) is 51.3. The summed E-state index contributed by atoms with van der Waals surface area (Å²) in [5, 5.41) is 40.0. The van der Waals surface area contributed by atoms with Crippen molar-refractivity contribution in [3.05, 3.63) is 215 Å². The van der Waals surface area contributed by atoms with Crippen LogP contribution in [0.2, 0.25) is 0 Å². The molecule has 0 aromatic heterocycles. The lowest BCUT2D eigenvalue weighted by Gasteiger charge is -2.28. The molecule has 6 rings (SSSR count). The van der Waals surface area contributed by atoms with Gasteiger partial charge in [0.15, 0.2) is 0 Å². The molecular formula is C102H136N18O24S2. The van der Waals surface area contributed by atoms with Crippen molar-refractivity contribution in [3.8, 4) is 0 Å². The van der Waals surface area contributed by atoms with Crippen LogP contribution in [0.1, 0.15) is 140 Å². The minimum Gasteiger partial charge on any atom is -0.461 e. The van der Waals surface area contributed by atoms with E-state index in [0.29, 0.717) is 33.4 Å². The van der Waals surface area contributed by atoms with Gasteiger partial charge in [0.25, 0.3) is 0 Å².